The van der Waals surface area contributed by atoms with Crippen molar-refractivity contribution in [1.29, 1.82) is 0 Å². The van der Waals surface area contributed by atoms with Gasteiger partial charge in [0, 0.05) is 97.3 Å². The van der Waals surface area contributed by atoms with Crippen LogP contribution in [-0.2, 0) is 108 Å². The molecule has 0 spiro atoms. The molecule has 0 aliphatic rings. The Morgan fingerprint density at radius 1 is 0.867 bits per heavy atom. The van der Waals surface area contributed by atoms with E-state index in [1.165, 1.54) is 13.8 Å². The summed E-state index contributed by atoms with van der Waals surface area (Å²) in [6, 6.07) is -0.508. The maximum absolute atomic E-state index is 11.1. The Hall–Kier alpha value is 1.77. The molecule has 2 N–H and O–H groups in total. The molecule has 0 rings (SSSR count). The van der Waals surface area contributed by atoms with E-state index in [9.17, 15) is 14.4 Å². The van der Waals surface area contributed by atoms with Gasteiger partial charge in [0.1, 0.15) is 33.0 Å². The molecule has 0 aliphatic carbocycles. The van der Waals surface area contributed by atoms with Crippen molar-refractivity contribution in [2.75, 3.05) is 13.0 Å². The predicted molar refractivity (Wildman–Crippen MR) is 112 cm³/mol. The SMILES string of the molecule is [B]CONC(CC(C)=O)CC(=O)C[CH2-].[B]CONC([CH2-])CC(C)=O.[CH3-].[CH3-].[CH3-].[V+2].[Y].[Y]. The second-order valence-electron chi connectivity index (χ2n) is 5.06. The minimum atomic E-state index is -0.301. The van der Waals surface area contributed by atoms with Gasteiger partial charge in [0.15, 0.2) is 0 Å². The second kappa shape index (κ2) is 38.1. The minimum absolute atomic E-state index is 0. The van der Waals surface area contributed by atoms with Crippen LogP contribution in [0.1, 0.15) is 39.5 Å². The molecule has 7 nitrogen and oxygen atoms in total. The molecule has 0 bridgehead atoms. The van der Waals surface area contributed by atoms with Crippen molar-refractivity contribution < 1.29 is 108 Å². The fourth-order valence-corrected chi connectivity index (χ4v) is 1.60. The first-order valence-electron chi connectivity index (χ1n) is 7.54. The first kappa shape index (κ1) is 53.2. The summed E-state index contributed by atoms with van der Waals surface area (Å²) >= 11 is 0. The number of carbonyl (C=O) groups is 3. The molecule has 7 radical (unpaired) electrons. The molecule has 0 heterocycles. The molecule has 167 valence electrons. The van der Waals surface area contributed by atoms with Crippen LogP contribution in [0.25, 0.3) is 0 Å². The first-order valence-corrected chi connectivity index (χ1v) is 7.54. The van der Waals surface area contributed by atoms with Gasteiger partial charge in [-0.2, -0.15) is 5.48 Å². The number of rotatable bonds is 13. The Kier molecular flexibility index (Phi) is 67.5. The van der Waals surface area contributed by atoms with E-state index in [2.05, 4.69) is 29.6 Å². The van der Waals surface area contributed by atoms with Gasteiger partial charge in [-0.1, -0.05) is 6.04 Å². The zero-order valence-corrected chi connectivity index (χ0v) is 26.2. The molecule has 2 atom stereocenters. The molecule has 0 saturated carbocycles. The third kappa shape index (κ3) is 43.6. The van der Waals surface area contributed by atoms with E-state index in [1.54, 1.807) is 0 Å². The van der Waals surface area contributed by atoms with Crippen LogP contribution in [-0.4, -0.2) is 58.1 Å². The smallest absolute Gasteiger partial charge is 0.358 e. The summed E-state index contributed by atoms with van der Waals surface area (Å²) in [6.07, 6.45) is 1.08. The normalized spacial score (nSPS) is 10.1. The molecule has 2 unspecified atom stereocenters. The summed E-state index contributed by atoms with van der Waals surface area (Å²) in [5.41, 5.74) is 5.08. The average Bonchev–Trinajstić information content (AvgIpc) is 2.49. The zero-order chi connectivity index (χ0) is 19.0. The minimum Gasteiger partial charge on any atom is -0.358 e. The summed E-state index contributed by atoms with van der Waals surface area (Å²) in [7, 11) is 10.1. The van der Waals surface area contributed by atoms with Gasteiger partial charge in [-0.25, -0.2) is 5.48 Å². The number of hydrogen-bond acceptors (Lipinski definition) is 7. The van der Waals surface area contributed by atoms with Crippen molar-refractivity contribution in [3.8, 4) is 0 Å². The van der Waals surface area contributed by atoms with Gasteiger partial charge in [0.05, 0.1) is 0 Å². The van der Waals surface area contributed by atoms with Crippen LogP contribution in [0.4, 0.5) is 0 Å². The monoisotopic (exact) mass is 610 g/mol. The summed E-state index contributed by atoms with van der Waals surface area (Å²) < 4.78 is 0. The molecule has 12 heteroatoms. The van der Waals surface area contributed by atoms with Gasteiger partial charge in [0.2, 0.25) is 0 Å². The van der Waals surface area contributed by atoms with Crippen LogP contribution in [0.5, 0.6) is 0 Å². The van der Waals surface area contributed by atoms with E-state index in [0.717, 1.165) is 0 Å². The van der Waals surface area contributed by atoms with Gasteiger partial charge in [0.25, 0.3) is 0 Å². The third-order valence-corrected chi connectivity index (χ3v) is 2.49. The van der Waals surface area contributed by atoms with Crippen LogP contribution in [0.15, 0.2) is 0 Å². The number of hydrogen-bond donors (Lipinski definition) is 2. The summed E-state index contributed by atoms with van der Waals surface area (Å²) in [5.74, 6) is 0.0671. The van der Waals surface area contributed by atoms with E-state index < -0.39 is 0 Å². The van der Waals surface area contributed by atoms with E-state index in [1.807, 2.05) is 0 Å². The molecule has 0 aromatic heterocycles. The number of ketones is 3. The summed E-state index contributed by atoms with van der Waals surface area (Å²) in [6.45, 7) is 10.1. The molecule has 0 fully saturated rings. The Labute approximate surface area is 250 Å². The molecule has 30 heavy (non-hydrogen) atoms. The van der Waals surface area contributed by atoms with Crippen LogP contribution in [0.2, 0.25) is 0 Å². The molecule has 0 aromatic rings. The fourth-order valence-electron chi connectivity index (χ4n) is 1.60. The molecular weight excluding hydrogens is 575 g/mol. The van der Waals surface area contributed by atoms with Crippen molar-refractivity contribution in [1.82, 2.24) is 11.0 Å². The van der Waals surface area contributed by atoms with Crippen molar-refractivity contribution in [3.05, 3.63) is 36.1 Å². The van der Waals surface area contributed by atoms with Crippen molar-refractivity contribution in [2.24, 2.45) is 0 Å². The summed E-state index contributed by atoms with van der Waals surface area (Å²) in [5, 5.41) is 0. The van der Waals surface area contributed by atoms with Crippen molar-refractivity contribution in [3.63, 3.8) is 0 Å². The van der Waals surface area contributed by atoms with Gasteiger partial charge in [-0.3, -0.25) is 4.79 Å². The van der Waals surface area contributed by atoms with E-state index in [-0.39, 0.29) is 168 Å². The number of nitrogens with one attached hydrogen (secondary N) is 2. The van der Waals surface area contributed by atoms with Gasteiger partial charge in [-0.15, -0.1) is 6.42 Å². The quantitative estimate of drug-likeness (QED) is 0.185. The molecule has 0 amide bonds. The van der Waals surface area contributed by atoms with Crippen LogP contribution in [0.3, 0.4) is 0 Å². The van der Waals surface area contributed by atoms with E-state index in [4.69, 9.17) is 20.5 Å². The van der Waals surface area contributed by atoms with Crippen molar-refractivity contribution >= 4 is 33.0 Å². The van der Waals surface area contributed by atoms with Gasteiger partial charge in [-0.05, 0) is 20.3 Å². The second-order valence-corrected chi connectivity index (χ2v) is 5.06. The molecule has 0 aliphatic heterocycles. The van der Waals surface area contributed by atoms with Crippen LogP contribution in [0, 0.1) is 36.1 Å². The largest absolute Gasteiger partial charge is 2.00 e. The predicted octanol–water partition coefficient (Wildman–Crippen LogP) is 1.32. The van der Waals surface area contributed by atoms with Crippen molar-refractivity contribution in [2.45, 2.75) is 51.6 Å². The third-order valence-electron chi connectivity index (χ3n) is 2.49. The number of hydroxylamine groups is 2. The maximum Gasteiger partial charge on any atom is 2.00 e. The maximum atomic E-state index is 11.1. The number of Topliss-reactive ketones (excluding diaryl/α,β-unsaturated/α-hetero) is 3. The molecule has 0 saturated heterocycles. The standard InChI is InChI=1S/C9H15BNO3.C6H11BNO2.3CH3.V.2Y/c1-3-9(13)5-8(4-7(2)12)11-14-6-10;1-5(3-6(2)9)8-10-4-7;;;;;;/h8,11H,1,3-6H2,2H3;5,8H,1,3-4H2,2H3;3*1H3;;;/q5*-1;+2;;. The molecule has 0 aromatic carbocycles. The first-order chi connectivity index (χ1) is 11.3. The molecular formula is C18H35B2N2O5VY2-3. The Balaban J connectivity index is -0.0000000463. The fraction of sp³-hybridized carbons (Fsp3) is 0.556. The average molecular weight is 610 g/mol. The number of carbonyl (C=O) groups excluding carboxylic acids is 3. The Morgan fingerprint density at radius 3 is 1.60 bits per heavy atom. The van der Waals surface area contributed by atoms with Crippen LogP contribution >= 0.6 is 0 Å². The van der Waals surface area contributed by atoms with Gasteiger partial charge < -0.3 is 55.4 Å². The Bertz CT molecular complexity index is 388. The zero-order valence-electron chi connectivity index (χ0n) is 19.1. The Morgan fingerprint density at radius 2 is 1.27 bits per heavy atom. The summed E-state index contributed by atoms with van der Waals surface area (Å²) in [4.78, 5) is 41.7. The van der Waals surface area contributed by atoms with Gasteiger partial charge >= 0.3 is 18.6 Å². The van der Waals surface area contributed by atoms with E-state index in [0.29, 0.717) is 6.42 Å². The van der Waals surface area contributed by atoms with E-state index >= 15 is 0 Å². The van der Waals surface area contributed by atoms with Crippen LogP contribution < -0.4 is 11.0 Å². The topological polar surface area (TPSA) is 93.7 Å².